The fourth-order valence-corrected chi connectivity index (χ4v) is 2.01. The molecule has 0 saturated heterocycles. The van der Waals surface area contributed by atoms with Crippen molar-refractivity contribution in [3.8, 4) is 16.9 Å². The molecule has 0 aliphatic heterocycles. The average molecular weight is 245 g/mol. The quantitative estimate of drug-likeness (QED) is 0.900. The molecular formula is C15H16FNO. The molecule has 2 aromatic carbocycles. The van der Waals surface area contributed by atoms with E-state index in [0.717, 1.165) is 28.0 Å². The lowest BCUT2D eigenvalue weighted by atomic mass is 9.98. The maximum absolute atomic E-state index is 13.3. The van der Waals surface area contributed by atoms with Gasteiger partial charge in [-0.25, -0.2) is 4.39 Å². The Balaban J connectivity index is 2.54. The second-order valence-corrected chi connectivity index (χ2v) is 4.19. The fraction of sp³-hybridized carbons (Fsp3) is 0.200. The van der Waals surface area contributed by atoms with Crippen molar-refractivity contribution in [1.82, 2.24) is 0 Å². The van der Waals surface area contributed by atoms with E-state index in [9.17, 15) is 4.39 Å². The van der Waals surface area contributed by atoms with Crippen LogP contribution < -0.4 is 10.5 Å². The van der Waals surface area contributed by atoms with Gasteiger partial charge in [-0.05, 0) is 47.9 Å². The van der Waals surface area contributed by atoms with Crippen LogP contribution in [-0.4, -0.2) is 7.11 Å². The Morgan fingerprint density at radius 1 is 1.17 bits per heavy atom. The van der Waals surface area contributed by atoms with Gasteiger partial charge in [0.1, 0.15) is 11.6 Å². The fourth-order valence-electron chi connectivity index (χ4n) is 2.01. The zero-order chi connectivity index (χ0) is 13.1. The van der Waals surface area contributed by atoms with Crippen molar-refractivity contribution in [3.05, 3.63) is 53.3 Å². The van der Waals surface area contributed by atoms with Crippen LogP contribution in [0, 0.1) is 12.7 Å². The van der Waals surface area contributed by atoms with E-state index in [1.807, 2.05) is 25.1 Å². The third-order valence-corrected chi connectivity index (χ3v) is 3.01. The van der Waals surface area contributed by atoms with Crippen LogP contribution in [0.1, 0.15) is 11.1 Å². The normalized spacial score (nSPS) is 10.4. The molecule has 3 heteroatoms. The number of rotatable bonds is 3. The summed E-state index contributed by atoms with van der Waals surface area (Å²) in [5, 5.41) is 0. The van der Waals surface area contributed by atoms with E-state index in [-0.39, 0.29) is 5.82 Å². The highest BCUT2D eigenvalue weighted by molar-refractivity contribution is 5.69. The number of nitrogens with two attached hydrogens (primary N) is 1. The molecule has 0 amide bonds. The molecule has 0 spiro atoms. The first kappa shape index (κ1) is 12.6. The number of aryl methyl sites for hydroxylation is 1. The molecule has 2 rings (SSSR count). The van der Waals surface area contributed by atoms with E-state index in [2.05, 4.69) is 0 Å². The summed E-state index contributed by atoms with van der Waals surface area (Å²) in [7, 11) is 1.61. The highest BCUT2D eigenvalue weighted by atomic mass is 19.1. The first-order valence-corrected chi connectivity index (χ1v) is 5.79. The Kier molecular flexibility index (Phi) is 3.63. The highest BCUT2D eigenvalue weighted by Gasteiger charge is 2.07. The van der Waals surface area contributed by atoms with Crippen LogP contribution in [0.15, 0.2) is 36.4 Å². The Bertz CT molecular complexity index is 566. The molecule has 0 saturated carbocycles. The van der Waals surface area contributed by atoms with Crippen LogP contribution in [0.3, 0.4) is 0 Å². The second-order valence-electron chi connectivity index (χ2n) is 4.19. The van der Waals surface area contributed by atoms with Gasteiger partial charge in [0.05, 0.1) is 7.11 Å². The first-order valence-electron chi connectivity index (χ1n) is 5.79. The summed E-state index contributed by atoms with van der Waals surface area (Å²) >= 11 is 0. The second kappa shape index (κ2) is 5.19. The summed E-state index contributed by atoms with van der Waals surface area (Å²) in [6, 6.07) is 10.5. The minimum absolute atomic E-state index is 0.235. The minimum Gasteiger partial charge on any atom is -0.496 e. The first-order chi connectivity index (χ1) is 8.65. The van der Waals surface area contributed by atoms with Crippen molar-refractivity contribution in [2.75, 3.05) is 7.11 Å². The van der Waals surface area contributed by atoms with E-state index in [4.69, 9.17) is 10.5 Å². The predicted octanol–water partition coefficient (Wildman–Crippen LogP) is 3.27. The minimum atomic E-state index is -0.235. The summed E-state index contributed by atoms with van der Waals surface area (Å²) in [5.74, 6) is 0.524. The molecule has 0 aliphatic carbocycles. The lowest BCUT2D eigenvalue weighted by molar-refractivity contribution is 0.410. The van der Waals surface area contributed by atoms with Crippen LogP contribution in [0.5, 0.6) is 5.75 Å². The Hall–Kier alpha value is -1.87. The molecule has 2 N–H and O–H groups in total. The Morgan fingerprint density at radius 3 is 2.61 bits per heavy atom. The van der Waals surface area contributed by atoms with Crippen LogP contribution in [0.25, 0.3) is 11.1 Å². The highest BCUT2D eigenvalue weighted by Crippen LogP contribution is 2.29. The van der Waals surface area contributed by atoms with Crippen molar-refractivity contribution >= 4 is 0 Å². The summed E-state index contributed by atoms with van der Waals surface area (Å²) in [4.78, 5) is 0. The lowest BCUT2D eigenvalue weighted by Crippen LogP contribution is -2.00. The predicted molar refractivity (Wildman–Crippen MR) is 71.0 cm³/mol. The van der Waals surface area contributed by atoms with E-state index in [1.165, 1.54) is 12.1 Å². The molecule has 0 fully saturated rings. The summed E-state index contributed by atoms with van der Waals surface area (Å²) < 4.78 is 18.5. The van der Waals surface area contributed by atoms with Gasteiger partial charge in [0.2, 0.25) is 0 Å². The Labute approximate surface area is 106 Å². The molecule has 18 heavy (non-hydrogen) atoms. The van der Waals surface area contributed by atoms with Gasteiger partial charge >= 0.3 is 0 Å². The molecule has 0 unspecified atom stereocenters. The number of hydrogen-bond acceptors (Lipinski definition) is 2. The number of benzene rings is 2. The SMILES string of the molecule is COc1ccc(-c2cc(F)ccc2C)cc1CN. The number of ether oxygens (including phenoxy) is 1. The number of halogens is 1. The van der Waals surface area contributed by atoms with Gasteiger partial charge in [-0.3, -0.25) is 0 Å². The zero-order valence-corrected chi connectivity index (χ0v) is 10.5. The number of hydrogen-bond donors (Lipinski definition) is 1. The van der Waals surface area contributed by atoms with Crippen molar-refractivity contribution in [2.45, 2.75) is 13.5 Å². The van der Waals surface area contributed by atoms with Crippen molar-refractivity contribution in [2.24, 2.45) is 5.73 Å². The Morgan fingerprint density at radius 2 is 1.94 bits per heavy atom. The van der Waals surface area contributed by atoms with Crippen molar-refractivity contribution < 1.29 is 9.13 Å². The maximum Gasteiger partial charge on any atom is 0.123 e. The molecule has 2 aromatic rings. The van der Waals surface area contributed by atoms with Crippen molar-refractivity contribution in [1.29, 1.82) is 0 Å². The number of methoxy groups -OCH3 is 1. The van der Waals surface area contributed by atoms with E-state index in [0.29, 0.717) is 6.54 Å². The van der Waals surface area contributed by atoms with E-state index in [1.54, 1.807) is 13.2 Å². The van der Waals surface area contributed by atoms with E-state index >= 15 is 0 Å². The molecule has 0 aromatic heterocycles. The molecular weight excluding hydrogens is 229 g/mol. The average Bonchev–Trinajstić information content (AvgIpc) is 2.40. The topological polar surface area (TPSA) is 35.2 Å². The molecule has 0 atom stereocenters. The summed E-state index contributed by atoms with van der Waals surface area (Å²) in [5.41, 5.74) is 9.47. The zero-order valence-electron chi connectivity index (χ0n) is 10.5. The summed E-state index contributed by atoms with van der Waals surface area (Å²) in [6.45, 7) is 2.35. The lowest BCUT2D eigenvalue weighted by Gasteiger charge is -2.11. The summed E-state index contributed by atoms with van der Waals surface area (Å²) in [6.07, 6.45) is 0. The van der Waals surface area contributed by atoms with Gasteiger partial charge in [0.15, 0.2) is 0 Å². The molecule has 0 radical (unpaired) electrons. The van der Waals surface area contributed by atoms with Gasteiger partial charge in [-0.1, -0.05) is 12.1 Å². The van der Waals surface area contributed by atoms with Crippen LogP contribution in [-0.2, 0) is 6.54 Å². The molecule has 2 nitrogen and oxygen atoms in total. The maximum atomic E-state index is 13.3. The van der Waals surface area contributed by atoms with Crippen molar-refractivity contribution in [3.63, 3.8) is 0 Å². The molecule has 0 aliphatic rings. The molecule has 0 heterocycles. The van der Waals surface area contributed by atoms with Crippen LogP contribution >= 0.6 is 0 Å². The van der Waals surface area contributed by atoms with Gasteiger partial charge in [0.25, 0.3) is 0 Å². The monoisotopic (exact) mass is 245 g/mol. The third-order valence-electron chi connectivity index (χ3n) is 3.01. The van der Waals surface area contributed by atoms with Gasteiger partial charge < -0.3 is 10.5 Å². The largest absolute Gasteiger partial charge is 0.496 e. The van der Waals surface area contributed by atoms with Gasteiger partial charge in [-0.15, -0.1) is 0 Å². The standard InChI is InChI=1S/C15H16FNO/c1-10-3-5-13(16)8-14(10)11-4-6-15(18-2)12(7-11)9-17/h3-8H,9,17H2,1-2H3. The van der Waals surface area contributed by atoms with Gasteiger partial charge in [0, 0.05) is 12.1 Å². The smallest absolute Gasteiger partial charge is 0.123 e. The van der Waals surface area contributed by atoms with Gasteiger partial charge in [-0.2, -0.15) is 0 Å². The third kappa shape index (κ3) is 2.36. The molecule has 94 valence electrons. The van der Waals surface area contributed by atoms with Crippen LogP contribution in [0.2, 0.25) is 0 Å². The molecule has 0 bridgehead atoms. The van der Waals surface area contributed by atoms with E-state index < -0.39 is 0 Å². The van der Waals surface area contributed by atoms with Crippen LogP contribution in [0.4, 0.5) is 4.39 Å².